The lowest BCUT2D eigenvalue weighted by atomic mass is 10.2. The van der Waals surface area contributed by atoms with Crippen molar-refractivity contribution in [2.75, 3.05) is 12.5 Å². The second-order valence-electron chi connectivity index (χ2n) is 3.44. The Kier molecular flexibility index (Phi) is 4.49. The third-order valence-electron chi connectivity index (χ3n) is 1.91. The first-order valence-electron chi connectivity index (χ1n) is 4.67. The summed E-state index contributed by atoms with van der Waals surface area (Å²) in [6.45, 7) is 2.05. The quantitative estimate of drug-likeness (QED) is 0.457. The minimum atomic E-state index is -0.611. The number of alkyl halides is 1. The second kappa shape index (κ2) is 5.65. The van der Waals surface area contributed by atoms with E-state index in [0.717, 1.165) is 18.2 Å². The van der Waals surface area contributed by atoms with Gasteiger partial charge in [0.2, 0.25) is 0 Å². The highest BCUT2D eigenvalue weighted by atomic mass is 35.5. The Bertz CT molecular complexity index is 386. The third kappa shape index (κ3) is 3.34. The van der Waals surface area contributed by atoms with Gasteiger partial charge in [-0.2, -0.15) is 0 Å². The summed E-state index contributed by atoms with van der Waals surface area (Å²) in [5.41, 5.74) is -0.247. The predicted octanol–water partition coefficient (Wildman–Crippen LogP) is 2.99. The fraction of sp³-hybridized carbons (Fsp3) is 0.400. The number of nitro groups is 1. The molecule has 1 atom stereocenters. The molecule has 0 N–H and O–H groups in total. The SMILES string of the molecule is CC(CCl)COc1cc(F)ccc1[N+](=O)[O-]. The Morgan fingerprint density at radius 1 is 1.62 bits per heavy atom. The van der Waals surface area contributed by atoms with Crippen molar-refractivity contribution in [3.63, 3.8) is 0 Å². The van der Waals surface area contributed by atoms with E-state index < -0.39 is 10.7 Å². The van der Waals surface area contributed by atoms with Crippen LogP contribution in [0.2, 0.25) is 0 Å². The number of nitrogens with zero attached hydrogens (tertiary/aromatic N) is 1. The van der Waals surface area contributed by atoms with Gasteiger partial charge in [-0.1, -0.05) is 6.92 Å². The molecule has 0 saturated heterocycles. The molecule has 1 aromatic rings. The van der Waals surface area contributed by atoms with Gasteiger partial charge in [0.25, 0.3) is 0 Å². The van der Waals surface area contributed by atoms with Crippen LogP contribution in [-0.2, 0) is 0 Å². The molecule has 1 aromatic carbocycles. The second-order valence-corrected chi connectivity index (χ2v) is 3.75. The van der Waals surface area contributed by atoms with Gasteiger partial charge in [0.05, 0.1) is 11.5 Å². The summed E-state index contributed by atoms with van der Waals surface area (Å²) < 4.78 is 18.1. The van der Waals surface area contributed by atoms with Crippen molar-refractivity contribution in [3.05, 3.63) is 34.1 Å². The van der Waals surface area contributed by atoms with Crippen LogP contribution >= 0.6 is 11.6 Å². The summed E-state index contributed by atoms with van der Waals surface area (Å²) in [4.78, 5) is 10.0. The Labute approximate surface area is 97.1 Å². The highest BCUT2D eigenvalue weighted by Crippen LogP contribution is 2.27. The van der Waals surface area contributed by atoms with Gasteiger partial charge in [-0.05, 0) is 6.07 Å². The van der Waals surface area contributed by atoms with Crippen LogP contribution in [0.15, 0.2) is 18.2 Å². The molecular formula is C10H11ClFNO3. The van der Waals surface area contributed by atoms with E-state index in [4.69, 9.17) is 16.3 Å². The van der Waals surface area contributed by atoms with Crippen LogP contribution in [0.4, 0.5) is 10.1 Å². The molecule has 1 unspecified atom stereocenters. The van der Waals surface area contributed by atoms with Crippen molar-refractivity contribution in [1.82, 2.24) is 0 Å². The third-order valence-corrected chi connectivity index (χ3v) is 2.43. The molecule has 16 heavy (non-hydrogen) atoms. The molecule has 0 aliphatic heterocycles. The molecule has 4 nitrogen and oxygen atoms in total. The highest BCUT2D eigenvalue weighted by molar-refractivity contribution is 6.18. The minimum absolute atomic E-state index is 0.0459. The van der Waals surface area contributed by atoms with Gasteiger partial charge >= 0.3 is 5.69 Å². The average Bonchev–Trinajstić information content (AvgIpc) is 2.25. The standard InChI is InChI=1S/C10H11ClFNO3/c1-7(5-11)6-16-10-4-8(12)2-3-9(10)13(14)15/h2-4,7H,5-6H2,1H3. The van der Waals surface area contributed by atoms with Crippen molar-refractivity contribution in [2.45, 2.75) is 6.92 Å². The molecule has 6 heteroatoms. The first kappa shape index (κ1) is 12.7. The summed E-state index contributed by atoms with van der Waals surface area (Å²) in [5.74, 6) is -0.214. The predicted molar refractivity (Wildman–Crippen MR) is 58.4 cm³/mol. The van der Waals surface area contributed by atoms with E-state index in [1.165, 1.54) is 0 Å². The summed E-state index contributed by atoms with van der Waals surface area (Å²) >= 11 is 5.56. The molecule has 1 rings (SSSR count). The van der Waals surface area contributed by atoms with Crippen molar-refractivity contribution in [3.8, 4) is 5.75 Å². The minimum Gasteiger partial charge on any atom is -0.486 e. The van der Waals surface area contributed by atoms with Crippen molar-refractivity contribution in [1.29, 1.82) is 0 Å². The smallest absolute Gasteiger partial charge is 0.311 e. The largest absolute Gasteiger partial charge is 0.486 e. The molecule has 0 aliphatic carbocycles. The average molecular weight is 248 g/mol. The van der Waals surface area contributed by atoms with Gasteiger partial charge in [0.1, 0.15) is 5.82 Å². The molecule has 0 bridgehead atoms. The van der Waals surface area contributed by atoms with Crippen LogP contribution in [0.3, 0.4) is 0 Å². The van der Waals surface area contributed by atoms with Crippen LogP contribution in [0.1, 0.15) is 6.92 Å². The van der Waals surface area contributed by atoms with Gasteiger partial charge in [-0.3, -0.25) is 10.1 Å². The van der Waals surface area contributed by atoms with E-state index in [1.54, 1.807) is 0 Å². The Hall–Kier alpha value is -1.36. The number of benzene rings is 1. The lowest BCUT2D eigenvalue weighted by molar-refractivity contribution is -0.386. The number of hydrogen-bond donors (Lipinski definition) is 0. The maximum absolute atomic E-state index is 12.9. The highest BCUT2D eigenvalue weighted by Gasteiger charge is 2.16. The van der Waals surface area contributed by atoms with Gasteiger partial charge in [0.15, 0.2) is 5.75 Å². The van der Waals surface area contributed by atoms with Crippen molar-refractivity contribution in [2.24, 2.45) is 5.92 Å². The Morgan fingerprint density at radius 2 is 2.31 bits per heavy atom. The number of halogens is 2. The van der Waals surface area contributed by atoms with Gasteiger partial charge < -0.3 is 4.74 Å². The van der Waals surface area contributed by atoms with Crippen LogP contribution in [0.25, 0.3) is 0 Å². The molecule has 0 radical (unpaired) electrons. The molecule has 0 heterocycles. The molecule has 0 spiro atoms. The fourth-order valence-electron chi connectivity index (χ4n) is 1.03. The van der Waals surface area contributed by atoms with Gasteiger partial charge in [0, 0.05) is 23.9 Å². The zero-order valence-electron chi connectivity index (χ0n) is 8.65. The normalized spacial score (nSPS) is 12.2. The van der Waals surface area contributed by atoms with E-state index in [0.29, 0.717) is 5.88 Å². The number of nitro benzene ring substituents is 1. The molecule has 0 aromatic heterocycles. The van der Waals surface area contributed by atoms with E-state index >= 15 is 0 Å². The fourth-order valence-corrected chi connectivity index (χ4v) is 1.12. The number of hydrogen-bond acceptors (Lipinski definition) is 3. The molecule has 0 fully saturated rings. The lowest BCUT2D eigenvalue weighted by Crippen LogP contribution is -2.10. The molecular weight excluding hydrogens is 237 g/mol. The zero-order chi connectivity index (χ0) is 12.1. The number of ether oxygens (including phenoxy) is 1. The van der Waals surface area contributed by atoms with Crippen molar-refractivity contribution < 1.29 is 14.1 Å². The molecule has 0 aliphatic rings. The van der Waals surface area contributed by atoms with Gasteiger partial charge in [-0.25, -0.2) is 4.39 Å². The summed E-state index contributed by atoms with van der Waals surface area (Å²) in [7, 11) is 0. The maximum Gasteiger partial charge on any atom is 0.311 e. The summed E-state index contributed by atoms with van der Waals surface area (Å²) in [6.07, 6.45) is 0. The van der Waals surface area contributed by atoms with Crippen LogP contribution < -0.4 is 4.74 Å². The first-order chi connectivity index (χ1) is 7.54. The van der Waals surface area contributed by atoms with E-state index in [9.17, 15) is 14.5 Å². The first-order valence-corrected chi connectivity index (χ1v) is 5.20. The maximum atomic E-state index is 12.9. The Morgan fingerprint density at radius 3 is 2.88 bits per heavy atom. The number of rotatable bonds is 5. The van der Waals surface area contributed by atoms with Crippen molar-refractivity contribution >= 4 is 17.3 Å². The monoisotopic (exact) mass is 247 g/mol. The lowest BCUT2D eigenvalue weighted by Gasteiger charge is -2.10. The van der Waals surface area contributed by atoms with Crippen LogP contribution in [-0.4, -0.2) is 17.4 Å². The van der Waals surface area contributed by atoms with E-state index in [2.05, 4.69) is 0 Å². The summed E-state index contributed by atoms with van der Waals surface area (Å²) in [5, 5.41) is 10.6. The Balaban J connectivity index is 2.84. The molecule has 0 saturated carbocycles. The zero-order valence-corrected chi connectivity index (χ0v) is 9.41. The van der Waals surface area contributed by atoms with Crippen LogP contribution in [0, 0.1) is 21.8 Å². The molecule has 0 amide bonds. The topological polar surface area (TPSA) is 52.4 Å². The van der Waals surface area contributed by atoms with Gasteiger partial charge in [-0.15, -0.1) is 11.6 Å². The molecule has 88 valence electrons. The van der Waals surface area contributed by atoms with Crippen LogP contribution in [0.5, 0.6) is 5.75 Å². The summed E-state index contributed by atoms with van der Waals surface area (Å²) in [6, 6.07) is 3.10. The van der Waals surface area contributed by atoms with E-state index in [1.807, 2.05) is 6.92 Å². The van der Waals surface area contributed by atoms with E-state index in [-0.39, 0.29) is 24.0 Å².